The summed E-state index contributed by atoms with van der Waals surface area (Å²) in [5, 5.41) is 18.2. The fourth-order valence-electron chi connectivity index (χ4n) is 2.28. The minimum Gasteiger partial charge on any atom is -0.399 e. The number of nitrogen functional groups attached to an aromatic ring is 1. The maximum Gasteiger partial charge on any atom is 0.101 e. The molecule has 0 spiro atoms. The molecule has 0 aliphatic carbocycles. The molecule has 0 amide bonds. The van der Waals surface area contributed by atoms with Crippen LogP contribution in [0, 0.1) is 17.2 Å². The van der Waals surface area contributed by atoms with Gasteiger partial charge in [0.2, 0.25) is 0 Å². The molecule has 0 aromatic heterocycles. The Morgan fingerprint density at radius 1 is 1.41 bits per heavy atom. The SMILES string of the molecule is N#Cc1cc(N)ccc1N1CCC(CO)CC1. The van der Waals surface area contributed by atoms with Gasteiger partial charge in [0.25, 0.3) is 0 Å². The summed E-state index contributed by atoms with van der Waals surface area (Å²) in [6, 6.07) is 7.64. The molecule has 0 bridgehead atoms. The number of rotatable bonds is 2. The van der Waals surface area contributed by atoms with Crippen molar-refractivity contribution in [1.82, 2.24) is 0 Å². The van der Waals surface area contributed by atoms with Crippen molar-refractivity contribution in [1.29, 1.82) is 5.26 Å². The number of aliphatic hydroxyl groups excluding tert-OH is 1. The first-order chi connectivity index (χ1) is 8.24. The molecule has 1 saturated heterocycles. The van der Waals surface area contributed by atoms with Crippen LogP contribution in [-0.4, -0.2) is 24.8 Å². The van der Waals surface area contributed by atoms with Crippen molar-refractivity contribution in [2.75, 3.05) is 30.3 Å². The highest BCUT2D eigenvalue weighted by molar-refractivity contribution is 5.64. The summed E-state index contributed by atoms with van der Waals surface area (Å²) in [6.45, 7) is 2.05. The van der Waals surface area contributed by atoms with Crippen molar-refractivity contribution in [3.8, 4) is 6.07 Å². The van der Waals surface area contributed by atoms with Crippen LogP contribution in [0.4, 0.5) is 11.4 Å². The Bertz CT molecular complexity index is 431. The maximum absolute atomic E-state index is 9.10. The molecule has 1 aromatic carbocycles. The second-order valence-electron chi connectivity index (χ2n) is 4.50. The molecule has 4 heteroatoms. The molecule has 4 nitrogen and oxygen atoms in total. The summed E-state index contributed by atoms with van der Waals surface area (Å²) < 4.78 is 0. The van der Waals surface area contributed by atoms with E-state index in [0.29, 0.717) is 17.2 Å². The lowest BCUT2D eigenvalue weighted by Gasteiger charge is -2.33. The fraction of sp³-hybridized carbons (Fsp3) is 0.462. The van der Waals surface area contributed by atoms with Crippen LogP contribution in [-0.2, 0) is 0 Å². The van der Waals surface area contributed by atoms with Gasteiger partial charge in [-0.05, 0) is 37.0 Å². The van der Waals surface area contributed by atoms with Gasteiger partial charge in [0.05, 0.1) is 11.3 Å². The quantitative estimate of drug-likeness (QED) is 0.753. The third-order valence-corrected chi connectivity index (χ3v) is 3.35. The Hall–Kier alpha value is -1.73. The summed E-state index contributed by atoms with van der Waals surface area (Å²) in [7, 11) is 0. The average Bonchev–Trinajstić information content (AvgIpc) is 2.39. The van der Waals surface area contributed by atoms with E-state index in [2.05, 4.69) is 11.0 Å². The summed E-state index contributed by atoms with van der Waals surface area (Å²) in [4.78, 5) is 2.20. The van der Waals surface area contributed by atoms with E-state index in [9.17, 15) is 0 Å². The van der Waals surface area contributed by atoms with Gasteiger partial charge in [-0.15, -0.1) is 0 Å². The minimum atomic E-state index is 0.265. The van der Waals surface area contributed by atoms with Gasteiger partial charge in [0, 0.05) is 25.4 Å². The minimum absolute atomic E-state index is 0.265. The molecule has 1 aromatic rings. The zero-order valence-corrected chi connectivity index (χ0v) is 9.76. The molecule has 0 saturated carbocycles. The Morgan fingerprint density at radius 2 is 2.12 bits per heavy atom. The Labute approximate surface area is 101 Å². The van der Waals surface area contributed by atoms with Crippen LogP contribution in [0.15, 0.2) is 18.2 Å². The summed E-state index contributed by atoms with van der Waals surface area (Å²) in [6.07, 6.45) is 1.96. The van der Waals surface area contributed by atoms with Crippen LogP contribution < -0.4 is 10.6 Å². The number of hydrogen-bond acceptors (Lipinski definition) is 4. The molecule has 90 valence electrons. The second kappa shape index (κ2) is 5.07. The predicted octanol–water partition coefficient (Wildman–Crippen LogP) is 1.35. The van der Waals surface area contributed by atoms with Gasteiger partial charge in [-0.1, -0.05) is 0 Å². The predicted molar refractivity (Wildman–Crippen MR) is 67.6 cm³/mol. The van der Waals surface area contributed by atoms with Gasteiger partial charge in [-0.3, -0.25) is 0 Å². The normalized spacial score (nSPS) is 16.8. The van der Waals surface area contributed by atoms with Gasteiger partial charge < -0.3 is 15.7 Å². The molecule has 17 heavy (non-hydrogen) atoms. The van der Waals surface area contributed by atoms with Gasteiger partial charge in [-0.2, -0.15) is 5.26 Å². The number of nitrogens with two attached hydrogens (primary N) is 1. The van der Waals surface area contributed by atoms with Crippen molar-refractivity contribution in [2.45, 2.75) is 12.8 Å². The summed E-state index contributed by atoms with van der Waals surface area (Å²) in [5.41, 5.74) is 7.88. The number of benzene rings is 1. The van der Waals surface area contributed by atoms with Crippen molar-refractivity contribution in [3.63, 3.8) is 0 Å². The first kappa shape index (κ1) is 11.7. The Balaban J connectivity index is 2.16. The number of nitriles is 1. The summed E-state index contributed by atoms with van der Waals surface area (Å²) >= 11 is 0. The van der Waals surface area contributed by atoms with Crippen LogP contribution >= 0.6 is 0 Å². The van der Waals surface area contributed by atoms with Crippen LogP contribution in [0.3, 0.4) is 0 Å². The molecule has 1 aliphatic rings. The molecule has 1 fully saturated rings. The largest absolute Gasteiger partial charge is 0.399 e. The van der Waals surface area contributed by atoms with Crippen molar-refractivity contribution in [2.24, 2.45) is 5.92 Å². The smallest absolute Gasteiger partial charge is 0.101 e. The number of nitrogens with zero attached hydrogens (tertiary/aromatic N) is 2. The highest BCUT2D eigenvalue weighted by Crippen LogP contribution is 2.27. The first-order valence-corrected chi connectivity index (χ1v) is 5.90. The van der Waals surface area contributed by atoms with E-state index in [1.807, 2.05) is 12.1 Å². The topological polar surface area (TPSA) is 73.3 Å². The van der Waals surface area contributed by atoms with Gasteiger partial charge in [0.1, 0.15) is 6.07 Å². The van der Waals surface area contributed by atoms with Crippen molar-refractivity contribution < 1.29 is 5.11 Å². The van der Waals surface area contributed by atoms with E-state index in [0.717, 1.165) is 31.6 Å². The third kappa shape index (κ3) is 2.51. The van der Waals surface area contributed by atoms with Crippen molar-refractivity contribution in [3.05, 3.63) is 23.8 Å². The number of aliphatic hydroxyl groups is 1. The van der Waals surface area contributed by atoms with Crippen LogP contribution in [0.2, 0.25) is 0 Å². The first-order valence-electron chi connectivity index (χ1n) is 5.90. The van der Waals surface area contributed by atoms with E-state index >= 15 is 0 Å². The molecule has 1 heterocycles. The lowest BCUT2D eigenvalue weighted by atomic mass is 9.97. The lowest BCUT2D eigenvalue weighted by Crippen LogP contribution is -2.35. The van der Waals surface area contributed by atoms with E-state index < -0.39 is 0 Å². The highest BCUT2D eigenvalue weighted by Gasteiger charge is 2.20. The Kier molecular flexibility index (Phi) is 3.50. The second-order valence-corrected chi connectivity index (χ2v) is 4.50. The van der Waals surface area contributed by atoms with Gasteiger partial charge in [0.15, 0.2) is 0 Å². The summed E-state index contributed by atoms with van der Waals surface area (Å²) in [5.74, 6) is 0.408. The van der Waals surface area contributed by atoms with E-state index in [4.69, 9.17) is 16.1 Å². The lowest BCUT2D eigenvalue weighted by molar-refractivity contribution is 0.203. The molecule has 3 N–H and O–H groups in total. The number of hydrogen-bond donors (Lipinski definition) is 2. The molecule has 0 atom stereocenters. The maximum atomic E-state index is 9.10. The number of piperidine rings is 1. The third-order valence-electron chi connectivity index (χ3n) is 3.35. The fourth-order valence-corrected chi connectivity index (χ4v) is 2.28. The van der Waals surface area contributed by atoms with Gasteiger partial charge in [-0.25, -0.2) is 0 Å². The van der Waals surface area contributed by atoms with E-state index in [1.54, 1.807) is 6.07 Å². The monoisotopic (exact) mass is 231 g/mol. The van der Waals surface area contributed by atoms with Gasteiger partial charge >= 0.3 is 0 Å². The average molecular weight is 231 g/mol. The molecular weight excluding hydrogens is 214 g/mol. The molecular formula is C13H17N3O. The molecule has 2 rings (SSSR count). The highest BCUT2D eigenvalue weighted by atomic mass is 16.3. The van der Waals surface area contributed by atoms with Crippen LogP contribution in [0.5, 0.6) is 0 Å². The van der Waals surface area contributed by atoms with Crippen LogP contribution in [0.25, 0.3) is 0 Å². The van der Waals surface area contributed by atoms with Crippen LogP contribution in [0.1, 0.15) is 18.4 Å². The number of anilines is 2. The Morgan fingerprint density at radius 3 is 2.71 bits per heavy atom. The van der Waals surface area contributed by atoms with E-state index in [1.165, 1.54) is 0 Å². The molecule has 0 unspecified atom stereocenters. The van der Waals surface area contributed by atoms with Crippen molar-refractivity contribution >= 4 is 11.4 Å². The molecule has 0 radical (unpaired) electrons. The molecule has 1 aliphatic heterocycles. The zero-order valence-electron chi connectivity index (χ0n) is 9.76. The zero-order chi connectivity index (χ0) is 12.3. The standard InChI is InChI=1S/C13H17N3O/c14-8-11-7-12(15)1-2-13(11)16-5-3-10(9-17)4-6-16/h1-2,7,10,17H,3-6,9,15H2. The van der Waals surface area contributed by atoms with E-state index in [-0.39, 0.29) is 6.61 Å².